The van der Waals surface area contributed by atoms with Gasteiger partial charge in [0.25, 0.3) is 0 Å². The van der Waals surface area contributed by atoms with Crippen LogP contribution in [-0.2, 0) is 0 Å². The number of likely N-dealkylation sites (tertiary alicyclic amines) is 1. The van der Waals surface area contributed by atoms with Crippen LogP contribution in [0.25, 0.3) is 0 Å². The van der Waals surface area contributed by atoms with E-state index in [9.17, 15) is 0 Å². The van der Waals surface area contributed by atoms with Gasteiger partial charge < -0.3 is 4.90 Å². The van der Waals surface area contributed by atoms with Crippen molar-refractivity contribution in [2.24, 2.45) is 0 Å². The average molecular weight is 172 g/mol. The Kier molecular flexibility index (Phi) is 8.97. The summed E-state index contributed by atoms with van der Waals surface area (Å²) in [5, 5.41) is 0. The first kappa shape index (κ1) is 11.5. The molecular formula is C9H23AlN. The van der Waals surface area contributed by atoms with Crippen LogP contribution >= 0.6 is 0 Å². The van der Waals surface area contributed by atoms with E-state index in [2.05, 4.69) is 23.4 Å². The van der Waals surface area contributed by atoms with Crippen molar-refractivity contribution in [3.63, 3.8) is 0 Å². The Hall–Kier alpha value is 0.492. The second-order valence-corrected chi connectivity index (χ2v) is 4.23. The van der Waals surface area contributed by atoms with E-state index in [-0.39, 0.29) is 1.43 Å². The third kappa shape index (κ3) is 6.87. The lowest BCUT2D eigenvalue weighted by Crippen LogP contribution is -2.29. The van der Waals surface area contributed by atoms with Gasteiger partial charge in [-0.3, -0.25) is 0 Å². The van der Waals surface area contributed by atoms with Gasteiger partial charge in [-0.2, -0.15) is 0 Å². The van der Waals surface area contributed by atoms with Gasteiger partial charge in [-0.05, 0) is 32.5 Å². The maximum absolute atomic E-state index is 2.52. The molecule has 0 aromatic carbocycles. The molecule has 67 valence electrons. The van der Waals surface area contributed by atoms with Crippen LogP contribution in [0.15, 0.2) is 0 Å². The summed E-state index contributed by atoms with van der Waals surface area (Å²) in [6.07, 6.45) is 4.30. The van der Waals surface area contributed by atoms with Gasteiger partial charge in [0.05, 0.1) is 0 Å². The molecule has 0 bridgehead atoms. The molecule has 1 heterocycles. The Bertz CT molecular complexity index is 74.9. The number of hydrogen-bond donors (Lipinski definition) is 0. The Morgan fingerprint density at radius 1 is 1.18 bits per heavy atom. The fraction of sp³-hybridized carbons (Fsp3) is 1.00. The average Bonchev–Trinajstić information content (AvgIpc) is 2.08. The summed E-state index contributed by atoms with van der Waals surface area (Å²) in [4.78, 5) is 2.52. The summed E-state index contributed by atoms with van der Waals surface area (Å²) in [7, 11) is 0. The van der Waals surface area contributed by atoms with E-state index >= 15 is 0 Å². The smallest absolute Gasteiger partial charge is 0.191 e. The number of piperidine rings is 1. The van der Waals surface area contributed by atoms with Gasteiger partial charge in [-0.1, -0.05) is 13.3 Å². The molecule has 1 aliphatic rings. The molecule has 0 spiro atoms. The van der Waals surface area contributed by atoms with Gasteiger partial charge in [0.15, 0.2) is 15.2 Å². The summed E-state index contributed by atoms with van der Waals surface area (Å²) in [6, 6.07) is 0. The van der Waals surface area contributed by atoms with E-state index < -0.39 is 0 Å². The van der Waals surface area contributed by atoms with Crippen LogP contribution < -0.4 is 0 Å². The molecule has 0 N–H and O–H groups in total. The molecule has 1 nitrogen and oxygen atoms in total. The van der Waals surface area contributed by atoms with Crippen LogP contribution in [0.1, 0.15) is 27.6 Å². The van der Waals surface area contributed by atoms with Crippen LogP contribution in [0.2, 0.25) is 11.6 Å². The molecule has 0 unspecified atom stereocenters. The molecule has 1 fully saturated rings. The molecular weight excluding hydrogens is 149 g/mol. The van der Waals surface area contributed by atoms with E-state index in [4.69, 9.17) is 0 Å². The monoisotopic (exact) mass is 172 g/mol. The maximum Gasteiger partial charge on any atom is 0.191 e. The number of hydrogen-bond acceptors (Lipinski definition) is 1. The fourth-order valence-corrected chi connectivity index (χ4v) is 1.28. The first-order valence-corrected chi connectivity index (χ1v) is 7.12. The molecule has 11 heavy (non-hydrogen) atoms. The highest BCUT2D eigenvalue weighted by molar-refractivity contribution is 6.31. The van der Waals surface area contributed by atoms with Crippen LogP contribution in [0.3, 0.4) is 0 Å². The Balaban J connectivity index is 0. The first-order valence-electron chi connectivity index (χ1n) is 4.81. The molecule has 0 atom stereocenters. The van der Waals surface area contributed by atoms with Crippen molar-refractivity contribution < 1.29 is 1.43 Å². The van der Waals surface area contributed by atoms with Crippen molar-refractivity contribution in [3.05, 3.63) is 0 Å². The Labute approximate surface area is 79.4 Å². The van der Waals surface area contributed by atoms with E-state index in [1.807, 2.05) is 0 Å². The van der Waals surface area contributed by atoms with E-state index in [0.717, 1.165) is 15.2 Å². The summed E-state index contributed by atoms with van der Waals surface area (Å²) >= 11 is 0.750. The zero-order valence-corrected chi connectivity index (χ0v) is 9.42. The van der Waals surface area contributed by atoms with Crippen LogP contribution in [-0.4, -0.2) is 39.8 Å². The summed E-state index contributed by atoms with van der Waals surface area (Å²) < 4.78 is 0. The lowest BCUT2D eigenvalue weighted by atomic mass is 10.1. The summed E-state index contributed by atoms with van der Waals surface area (Å²) in [6.45, 7) is 6.18. The van der Waals surface area contributed by atoms with Crippen molar-refractivity contribution in [1.82, 2.24) is 4.90 Å². The van der Waals surface area contributed by atoms with Gasteiger partial charge in [0.2, 0.25) is 0 Å². The third-order valence-electron chi connectivity index (χ3n) is 1.90. The van der Waals surface area contributed by atoms with Gasteiger partial charge in [-0.15, -0.1) is 11.6 Å². The zero-order valence-electron chi connectivity index (χ0n) is 8.27. The highest BCUT2D eigenvalue weighted by Gasteiger charge is 2.05. The predicted molar refractivity (Wildman–Crippen MR) is 55.6 cm³/mol. The van der Waals surface area contributed by atoms with Crippen LogP contribution in [0, 0.1) is 0 Å². The molecule has 1 aliphatic heterocycles. The fourth-order valence-electron chi connectivity index (χ4n) is 1.28. The quantitative estimate of drug-likeness (QED) is 0.549. The van der Waals surface area contributed by atoms with Crippen LogP contribution in [0.5, 0.6) is 0 Å². The van der Waals surface area contributed by atoms with Gasteiger partial charge in [-0.25, -0.2) is 0 Å². The SMILES string of the molecule is CCN1CCCCC1.[CH3][Al][CH3].[HH]. The van der Waals surface area contributed by atoms with E-state index in [1.165, 1.54) is 38.9 Å². The summed E-state index contributed by atoms with van der Waals surface area (Å²) in [5.74, 6) is 4.42. The maximum atomic E-state index is 2.52. The van der Waals surface area contributed by atoms with Gasteiger partial charge in [0, 0.05) is 1.43 Å². The molecule has 1 radical (unpaired) electrons. The molecule has 0 aliphatic carbocycles. The minimum atomic E-state index is 0. The van der Waals surface area contributed by atoms with Crippen LogP contribution in [0.4, 0.5) is 0 Å². The summed E-state index contributed by atoms with van der Waals surface area (Å²) in [5.41, 5.74) is 0. The normalized spacial score (nSPS) is 18.5. The standard InChI is InChI=1S/C7H15N.2CH3.Al.H2/c1-2-8-6-4-3-5-7-8;;;;/h2-7H2,1H3;2*1H3;;1H. The van der Waals surface area contributed by atoms with Crippen molar-refractivity contribution in [2.75, 3.05) is 19.6 Å². The van der Waals surface area contributed by atoms with Crippen molar-refractivity contribution in [1.29, 1.82) is 0 Å². The van der Waals surface area contributed by atoms with Gasteiger partial charge >= 0.3 is 0 Å². The largest absolute Gasteiger partial charge is 0.304 e. The third-order valence-corrected chi connectivity index (χ3v) is 1.90. The van der Waals surface area contributed by atoms with Gasteiger partial charge in [0.1, 0.15) is 0 Å². The zero-order chi connectivity index (χ0) is 8.53. The first-order chi connectivity index (χ1) is 5.35. The second kappa shape index (κ2) is 8.59. The minimum absolute atomic E-state index is 0. The lowest BCUT2D eigenvalue weighted by molar-refractivity contribution is 0.240. The van der Waals surface area contributed by atoms with Crippen molar-refractivity contribution in [3.8, 4) is 0 Å². The molecule has 0 amide bonds. The topological polar surface area (TPSA) is 3.24 Å². The highest BCUT2D eigenvalue weighted by Crippen LogP contribution is 2.06. The number of rotatable bonds is 1. The Morgan fingerprint density at radius 3 is 1.91 bits per heavy atom. The van der Waals surface area contributed by atoms with Crippen molar-refractivity contribution in [2.45, 2.75) is 37.8 Å². The Morgan fingerprint density at radius 2 is 1.64 bits per heavy atom. The van der Waals surface area contributed by atoms with Crippen molar-refractivity contribution >= 4 is 15.2 Å². The molecule has 0 aromatic heterocycles. The lowest BCUT2D eigenvalue weighted by Gasteiger charge is -2.24. The second-order valence-electron chi connectivity index (χ2n) is 3.07. The molecule has 0 saturated carbocycles. The number of nitrogens with zero attached hydrogens (tertiary/aromatic N) is 1. The van der Waals surface area contributed by atoms with E-state index in [1.54, 1.807) is 0 Å². The molecule has 1 saturated heterocycles. The molecule has 2 heteroatoms. The van der Waals surface area contributed by atoms with E-state index in [0.29, 0.717) is 0 Å². The minimum Gasteiger partial charge on any atom is -0.304 e. The highest BCUT2D eigenvalue weighted by atomic mass is 27.1. The molecule has 1 rings (SSSR count). The predicted octanol–water partition coefficient (Wildman–Crippen LogP) is 2.53. The molecule has 0 aromatic rings.